The van der Waals surface area contributed by atoms with Crippen molar-refractivity contribution in [3.63, 3.8) is 0 Å². The highest BCUT2D eigenvalue weighted by Gasteiger charge is 2.28. The zero-order valence-electron chi connectivity index (χ0n) is 34.1. The predicted octanol–water partition coefficient (Wildman–Crippen LogP) is 11.3. The summed E-state index contributed by atoms with van der Waals surface area (Å²) in [7, 11) is 5.34. The van der Waals surface area contributed by atoms with Crippen LogP contribution < -0.4 is 14.2 Å². The second kappa shape index (κ2) is 13.6. The number of benzene rings is 4. The molecular formula is C47H62O4. The minimum atomic E-state index is -0.118. The molecule has 0 saturated heterocycles. The lowest BCUT2D eigenvalue weighted by Gasteiger charge is -2.28. The molecule has 0 spiro atoms. The molecule has 0 unspecified atom stereocenters. The highest BCUT2D eigenvalue weighted by Crippen LogP contribution is 2.43. The number of fused-ring (bicyclic) bond motifs is 8. The number of hydrogen-bond donors (Lipinski definition) is 1. The summed E-state index contributed by atoms with van der Waals surface area (Å²) in [4.78, 5) is 0. The highest BCUT2D eigenvalue weighted by atomic mass is 16.5. The molecule has 0 aliphatic heterocycles. The monoisotopic (exact) mass is 690 g/mol. The van der Waals surface area contributed by atoms with Crippen LogP contribution in [0.3, 0.4) is 0 Å². The summed E-state index contributed by atoms with van der Waals surface area (Å²) in [6, 6.07) is 18.2. The number of phenols is 1. The molecular weight excluding hydrogens is 629 g/mol. The Bertz CT molecular complexity index is 1810. The van der Waals surface area contributed by atoms with Gasteiger partial charge >= 0.3 is 0 Å². The van der Waals surface area contributed by atoms with E-state index >= 15 is 0 Å². The van der Waals surface area contributed by atoms with Gasteiger partial charge in [-0.15, -0.1) is 0 Å². The van der Waals surface area contributed by atoms with Crippen molar-refractivity contribution in [2.45, 2.75) is 130 Å². The number of hydrogen-bond acceptors (Lipinski definition) is 4. The van der Waals surface area contributed by atoms with E-state index in [0.29, 0.717) is 31.4 Å². The molecule has 0 aromatic heterocycles. The van der Waals surface area contributed by atoms with Crippen molar-refractivity contribution < 1.29 is 19.3 Å². The van der Waals surface area contributed by atoms with Gasteiger partial charge in [0.05, 0.1) is 21.3 Å². The fourth-order valence-electron chi connectivity index (χ4n) is 7.42. The van der Waals surface area contributed by atoms with E-state index in [1.165, 1.54) is 22.3 Å². The van der Waals surface area contributed by atoms with Crippen LogP contribution in [-0.4, -0.2) is 26.4 Å². The molecule has 0 heterocycles. The van der Waals surface area contributed by atoms with Crippen LogP contribution >= 0.6 is 0 Å². The van der Waals surface area contributed by atoms with Crippen molar-refractivity contribution in [2.24, 2.45) is 0 Å². The molecule has 274 valence electrons. The molecule has 5 rings (SSSR count). The van der Waals surface area contributed by atoms with Gasteiger partial charge in [-0.1, -0.05) is 132 Å². The van der Waals surface area contributed by atoms with Gasteiger partial charge in [-0.2, -0.15) is 0 Å². The Kier molecular flexibility index (Phi) is 10.2. The Morgan fingerprint density at radius 1 is 0.353 bits per heavy atom. The van der Waals surface area contributed by atoms with Crippen molar-refractivity contribution in [1.82, 2.24) is 0 Å². The first kappa shape index (κ1) is 38.3. The summed E-state index contributed by atoms with van der Waals surface area (Å²) in [6.07, 6.45) is 2.36. The zero-order valence-corrected chi connectivity index (χ0v) is 34.1. The summed E-state index contributed by atoms with van der Waals surface area (Å²) in [5, 5.41) is 12.2. The van der Waals surface area contributed by atoms with Gasteiger partial charge in [-0.05, 0) is 88.4 Å². The van der Waals surface area contributed by atoms with Crippen LogP contribution in [0.15, 0.2) is 48.5 Å². The van der Waals surface area contributed by atoms with Crippen LogP contribution in [0.1, 0.15) is 150 Å². The first-order valence-corrected chi connectivity index (χ1v) is 18.5. The third-order valence-corrected chi connectivity index (χ3v) is 10.6. The van der Waals surface area contributed by atoms with Gasteiger partial charge in [0.25, 0.3) is 0 Å². The lowest BCUT2D eigenvalue weighted by Crippen LogP contribution is -2.16. The summed E-state index contributed by atoms with van der Waals surface area (Å²) in [6.45, 7) is 27.1. The summed E-state index contributed by atoms with van der Waals surface area (Å²) in [5.74, 6) is 2.97. The number of rotatable bonds is 3. The maximum Gasteiger partial charge on any atom is 0.125 e. The Hall–Kier alpha value is -3.92. The minimum absolute atomic E-state index is 0.0768. The maximum atomic E-state index is 12.2. The van der Waals surface area contributed by atoms with Gasteiger partial charge in [0.15, 0.2) is 0 Å². The molecule has 0 saturated carbocycles. The third kappa shape index (κ3) is 7.96. The van der Waals surface area contributed by atoms with Gasteiger partial charge in [0.2, 0.25) is 0 Å². The average Bonchev–Trinajstić information content (AvgIpc) is 3.00. The Labute approximate surface area is 308 Å². The smallest absolute Gasteiger partial charge is 0.125 e. The zero-order chi connectivity index (χ0) is 37.8. The van der Waals surface area contributed by atoms with Crippen molar-refractivity contribution in [3.05, 3.63) is 115 Å². The second-order valence-electron chi connectivity index (χ2n) is 18.8. The van der Waals surface area contributed by atoms with E-state index in [-0.39, 0.29) is 21.7 Å². The van der Waals surface area contributed by atoms with Crippen LogP contribution in [0.25, 0.3) is 0 Å². The first-order valence-electron chi connectivity index (χ1n) is 18.5. The first-order chi connectivity index (χ1) is 23.5. The van der Waals surface area contributed by atoms with E-state index < -0.39 is 0 Å². The standard InChI is InChI=1S/C47H62O4/c1-44(2,3)36-20-28-16-30-22-37(45(4,5)6)24-32(41(30)49-13)18-34-26-39(47(10,11)12)27-35(43(34)51-15)19-33-25-38(46(7,8)9)23-31(42(33)50-14)17-29(21-36)40(28)48/h20-27,48H,16-19H2,1-15H3. The van der Waals surface area contributed by atoms with E-state index in [2.05, 4.69) is 132 Å². The lowest BCUT2D eigenvalue weighted by atomic mass is 9.79. The average molecular weight is 691 g/mol. The van der Waals surface area contributed by atoms with Crippen LogP contribution in [0.2, 0.25) is 0 Å². The van der Waals surface area contributed by atoms with Crippen molar-refractivity contribution in [3.8, 4) is 23.0 Å². The summed E-state index contributed by atoms with van der Waals surface area (Å²) in [5.41, 5.74) is 13.0. The molecule has 4 heteroatoms. The molecule has 4 aromatic carbocycles. The van der Waals surface area contributed by atoms with E-state index in [1.54, 1.807) is 21.3 Å². The largest absolute Gasteiger partial charge is 0.507 e. The Morgan fingerprint density at radius 2 is 0.529 bits per heavy atom. The predicted molar refractivity (Wildman–Crippen MR) is 213 cm³/mol. The molecule has 4 aromatic rings. The molecule has 51 heavy (non-hydrogen) atoms. The van der Waals surface area contributed by atoms with Gasteiger partial charge in [-0.3, -0.25) is 0 Å². The summed E-state index contributed by atoms with van der Waals surface area (Å²) >= 11 is 0. The molecule has 4 nitrogen and oxygen atoms in total. The summed E-state index contributed by atoms with van der Waals surface area (Å²) < 4.78 is 19.0. The van der Waals surface area contributed by atoms with E-state index in [4.69, 9.17) is 14.2 Å². The number of methoxy groups -OCH3 is 3. The molecule has 0 atom stereocenters. The van der Waals surface area contributed by atoms with E-state index in [0.717, 1.165) is 61.8 Å². The lowest BCUT2D eigenvalue weighted by molar-refractivity contribution is 0.397. The minimum Gasteiger partial charge on any atom is -0.507 e. The molecule has 1 N–H and O–H groups in total. The molecule has 0 fully saturated rings. The molecule has 1 aliphatic carbocycles. The molecule has 0 radical (unpaired) electrons. The number of aromatic hydroxyl groups is 1. The van der Waals surface area contributed by atoms with E-state index in [1.807, 2.05) is 0 Å². The fraction of sp³-hybridized carbons (Fsp3) is 0.489. The van der Waals surface area contributed by atoms with Gasteiger partial charge < -0.3 is 19.3 Å². The molecule has 8 bridgehead atoms. The van der Waals surface area contributed by atoms with Crippen LogP contribution in [0, 0.1) is 0 Å². The second-order valence-corrected chi connectivity index (χ2v) is 18.8. The fourth-order valence-corrected chi connectivity index (χ4v) is 7.42. The quantitative estimate of drug-likeness (QED) is 0.205. The number of phenolic OH excluding ortho intramolecular Hbond substituents is 1. The normalized spacial score (nSPS) is 13.9. The third-order valence-electron chi connectivity index (χ3n) is 10.6. The van der Waals surface area contributed by atoms with Crippen molar-refractivity contribution >= 4 is 0 Å². The Balaban J connectivity index is 1.95. The van der Waals surface area contributed by atoms with Crippen molar-refractivity contribution in [1.29, 1.82) is 0 Å². The van der Waals surface area contributed by atoms with Crippen molar-refractivity contribution in [2.75, 3.05) is 21.3 Å². The molecule has 0 amide bonds. The highest BCUT2D eigenvalue weighted by molar-refractivity contribution is 5.59. The van der Waals surface area contributed by atoms with Gasteiger partial charge in [0, 0.05) is 25.7 Å². The molecule has 1 aliphatic rings. The number of ether oxygens (including phenoxy) is 3. The SMILES string of the molecule is COc1c2cc(C(C)(C)C)cc1Cc1cc(C(C)(C)C)cc(c1OC)Cc1cc(C(C)(C)C)cc(c1OC)Cc1cc(C(C)(C)C)cc(c1O)C2. The van der Waals surface area contributed by atoms with Crippen LogP contribution in [0.5, 0.6) is 23.0 Å². The van der Waals surface area contributed by atoms with Gasteiger partial charge in [0.1, 0.15) is 23.0 Å². The maximum absolute atomic E-state index is 12.2. The van der Waals surface area contributed by atoms with Crippen LogP contribution in [0.4, 0.5) is 0 Å². The van der Waals surface area contributed by atoms with E-state index in [9.17, 15) is 5.11 Å². The Morgan fingerprint density at radius 3 is 0.706 bits per heavy atom. The topological polar surface area (TPSA) is 47.9 Å². The van der Waals surface area contributed by atoms with Gasteiger partial charge in [-0.25, -0.2) is 0 Å². The van der Waals surface area contributed by atoms with Crippen LogP contribution in [-0.2, 0) is 47.3 Å².